The normalized spacial score (nSPS) is 16.8. The lowest BCUT2D eigenvalue weighted by molar-refractivity contribution is -0.125. The fourth-order valence-corrected chi connectivity index (χ4v) is 3.47. The Morgan fingerprint density at radius 2 is 1.93 bits per heavy atom. The molecule has 7 nitrogen and oxygen atoms in total. The van der Waals surface area contributed by atoms with E-state index in [1.807, 2.05) is 48.7 Å². The van der Waals surface area contributed by atoms with Crippen molar-refractivity contribution in [3.05, 3.63) is 65.4 Å². The number of hydrogen-bond acceptors (Lipinski definition) is 5. The molecule has 1 saturated heterocycles. The van der Waals surface area contributed by atoms with Gasteiger partial charge in [0.2, 0.25) is 5.91 Å². The Kier molecular flexibility index (Phi) is 5.53. The zero-order valence-electron chi connectivity index (χ0n) is 15.3. The number of hydrogen-bond donors (Lipinski definition) is 1. The van der Waals surface area contributed by atoms with E-state index in [0.717, 1.165) is 30.8 Å². The van der Waals surface area contributed by atoms with E-state index in [0.29, 0.717) is 23.9 Å². The zero-order valence-corrected chi connectivity index (χ0v) is 16.1. The molecule has 1 aliphatic rings. The summed E-state index contributed by atoms with van der Waals surface area (Å²) in [5.41, 5.74) is 1.03. The van der Waals surface area contributed by atoms with Crippen LogP contribution in [0.4, 0.5) is 5.82 Å². The minimum absolute atomic E-state index is 0.0614. The molecule has 0 radical (unpaired) electrons. The number of nitrogens with zero attached hydrogens (tertiary/aromatic N) is 5. The average Bonchev–Trinajstić information content (AvgIpc) is 3.28. The summed E-state index contributed by atoms with van der Waals surface area (Å²) in [5, 5.41) is 16.4. The van der Waals surface area contributed by atoms with Crippen molar-refractivity contribution in [1.82, 2.24) is 25.3 Å². The molecule has 1 atom stereocenters. The zero-order chi connectivity index (χ0) is 19.3. The summed E-state index contributed by atoms with van der Waals surface area (Å²) in [7, 11) is 0. The first-order valence-electron chi connectivity index (χ1n) is 9.30. The predicted octanol–water partition coefficient (Wildman–Crippen LogP) is 2.85. The van der Waals surface area contributed by atoms with Gasteiger partial charge in [0.25, 0.3) is 0 Å². The molecule has 1 aliphatic heterocycles. The van der Waals surface area contributed by atoms with E-state index in [4.69, 9.17) is 11.6 Å². The maximum absolute atomic E-state index is 12.6. The van der Waals surface area contributed by atoms with Crippen molar-refractivity contribution in [2.45, 2.75) is 19.4 Å². The van der Waals surface area contributed by atoms with Crippen LogP contribution in [0.3, 0.4) is 0 Å². The van der Waals surface area contributed by atoms with Gasteiger partial charge in [-0.1, -0.05) is 23.7 Å². The van der Waals surface area contributed by atoms with Crippen molar-refractivity contribution < 1.29 is 4.79 Å². The second kappa shape index (κ2) is 8.39. The Bertz CT molecular complexity index is 911. The monoisotopic (exact) mass is 396 g/mol. The van der Waals surface area contributed by atoms with E-state index in [1.54, 1.807) is 10.9 Å². The predicted molar refractivity (Wildman–Crippen MR) is 107 cm³/mol. The fraction of sp³-hybridized carbons (Fsp3) is 0.300. The van der Waals surface area contributed by atoms with Gasteiger partial charge in [-0.2, -0.15) is 5.10 Å². The molecule has 2 aromatic heterocycles. The number of nitrogens with one attached hydrogen (secondary N) is 1. The smallest absolute Gasteiger partial charge is 0.225 e. The van der Waals surface area contributed by atoms with Gasteiger partial charge in [0.1, 0.15) is 0 Å². The molecule has 1 amide bonds. The van der Waals surface area contributed by atoms with Crippen molar-refractivity contribution in [3.63, 3.8) is 0 Å². The fourth-order valence-electron chi connectivity index (χ4n) is 3.35. The Morgan fingerprint density at radius 3 is 2.64 bits per heavy atom. The molecule has 8 heteroatoms. The molecule has 1 unspecified atom stereocenters. The molecular weight excluding hydrogens is 376 g/mol. The lowest BCUT2D eigenvalue weighted by Crippen LogP contribution is -2.43. The SMILES string of the molecule is O=C(NCc1ccc(Cl)cc1)C1CCCN(c2ccc(-n3cccn3)nn2)C1. The van der Waals surface area contributed by atoms with Crippen molar-refractivity contribution >= 4 is 23.3 Å². The van der Waals surface area contributed by atoms with Crippen LogP contribution in [-0.2, 0) is 11.3 Å². The van der Waals surface area contributed by atoms with Crippen molar-refractivity contribution in [3.8, 4) is 5.82 Å². The third kappa shape index (κ3) is 4.31. The Hall–Kier alpha value is -2.93. The molecule has 144 valence electrons. The summed E-state index contributed by atoms with van der Waals surface area (Å²) >= 11 is 5.90. The molecule has 1 fully saturated rings. The summed E-state index contributed by atoms with van der Waals surface area (Å²) in [6.07, 6.45) is 5.35. The Labute approximate surface area is 168 Å². The number of halogens is 1. The molecule has 28 heavy (non-hydrogen) atoms. The van der Waals surface area contributed by atoms with Crippen LogP contribution in [0.2, 0.25) is 5.02 Å². The first-order valence-corrected chi connectivity index (χ1v) is 9.68. The quantitative estimate of drug-likeness (QED) is 0.717. The van der Waals surface area contributed by atoms with E-state index in [1.165, 1.54) is 0 Å². The first kappa shape index (κ1) is 18.4. The van der Waals surface area contributed by atoms with Gasteiger partial charge in [0.05, 0.1) is 5.92 Å². The van der Waals surface area contributed by atoms with Gasteiger partial charge in [0, 0.05) is 37.1 Å². The molecular formula is C20H21ClN6O. The third-order valence-electron chi connectivity index (χ3n) is 4.87. The number of rotatable bonds is 5. The number of benzene rings is 1. The van der Waals surface area contributed by atoms with Crippen molar-refractivity contribution in [2.24, 2.45) is 5.92 Å². The highest BCUT2D eigenvalue weighted by Crippen LogP contribution is 2.22. The van der Waals surface area contributed by atoms with Crippen LogP contribution in [0.1, 0.15) is 18.4 Å². The topological polar surface area (TPSA) is 75.9 Å². The van der Waals surface area contributed by atoms with Gasteiger partial charge in [-0.15, -0.1) is 10.2 Å². The van der Waals surface area contributed by atoms with Gasteiger partial charge in [0.15, 0.2) is 11.6 Å². The van der Waals surface area contributed by atoms with Crippen molar-refractivity contribution in [2.75, 3.05) is 18.0 Å². The number of carbonyl (C=O) groups is 1. The van der Waals surface area contributed by atoms with E-state index < -0.39 is 0 Å². The maximum atomic E-state index is 12.6. The summed E-state index contributed by atoms with van der Waals surface area (Å²) in [4.78, 5) is 14.7. The van der Waals surface area contributed by atoms with E-state index in [-0.39, 0.29) is 11.8 Å². The van der Waals surface area contributed by atoms with Gasteiger partial charge >= 0.3 is 0 Å². The van der Waals surface area contributed by atoms with Crippen molar-refractivity contribution in [1.29, 1.82) is 0 Å². The molecule has 1 aromatic carbocycles. The van der Waals surface area contributed by atoms with Crippen LogP contribution in [0.25, 0.3) is 5.82 Å². The lowest BCUT2D eigenvalue weighted by atomic mass is 9.97. The second-order valence-corrected chi connectivity index (χ2v) is 7.27. The van der Waals surface area contributed by atoms with E-state index >= 15 is 0 Å². The standard InChI is InChI=1S/C20H21ClN6O/c21-17-6-4-15(5-7-17)13-22-20(28)16-3-1-11-26(14-16)18-8-9-19(25-24-18)27-12-2-10-23-27/h2,4-10,12,16H,1,3,11,13-14H2,(H,22,28). The molecule has 0 aliphatic carbocycles. The highest BCUT2D eigenvalue weighted by atomic mass is 35.5. The summed E-state index contributed by atoms with van der Waals surface area (Å²) in [6, 6.07) is 13.2. The van der Waals surface area contributed by atoms with Crippen LogP contribution < -0.4 is 10.2 Å². The van der Waals surface area contributed by atoms with Gasteiger partial charge in [-0.05, 0) is 48.7 Å². The summed E-state index contributed by atoms with van der Waals surface area (Å²) in [6.45, 7) is 2.02. The van der Waals surface area contributed by atoms with Gasteiger partial charge < -0.3 is 10.2 Å². The van der Waals surface area contributed by atoms with Crippen LogP contribution in [0.15, 0.2) is 54.9 Å². The lowest BCUT2D eigenvalue weighted by Gasteiger charge is -2.32. The highest BCUT2D eigenvalue weighted by molar-refractivity contribution is 6.30. The minimum atomic E-state index is -0.0614. The first-order chi connectivity index (χ1) is 13.7. The van der Waals surface area contributed by atoms with Gasteiger partial charge in [-0.3, -0.25) is 4.79 Å². The molecule has 0 spiro atoms. The van der Waals surface area contributed by atoms with E-state index in [9.17, 15) is 4.79 Å². The molecule has 4 rings (SSSR count). The molecule has 3 heterocycles. The summed E-state index contributed by atoms with van der Waals surface area (Å²) in [5.74, 6) is 1.46. The highest BCUT2D eigenvalue weighted by Gasteiger charge is 2.26. The Balaban J connectivity index is 1.35. The van der Waals surface area contributed by atoms with E-state index in [2.05, 4.69) is 25.5 Å². The van der Waals surface area contributed by atoms with Gasteiger partial charge in [-0.25, -0.2) is 4.68 Å². The summed E-state index contributed by atoms with van der Waals surface area (Å²) < 4.78 is 1.67. The molecule has 0 bridgehead atoms. The third-order valence-corrected chi connectivity index (χ3v) is 5.12. The molecule has 3 aromatic rings. The molecule has 0 saturated carbocycles. The number of piperidine rings is 1. The minimum Gasteiger partial charge on any atom is -0.354 e. The maximum Gasteiger partial charge on any atom is 0.225 e. The largest absolute Gasteiger partial charge is 0.354 e. The Morgan fingerprint density at radius 1 is 1.14 bits per heavy atom. The van der Waals surface area contributed by atoms with Crippen LogP contribution in [0.5, 0.6) is 0 Å². The molecule has 1 N–H and O–H groups in total. The average molecular weight is 397 g/mol. The second-order valence-electron chi connectivity index (χ2n) is 6.83. The van der Waals surface area contributed by atoms with Crippen LogP contribution in [-0.4, -0.2) is 39.0 Å². The van der Waals surface area contributed by atoms with Crippen LogP contribution >= 0.6 is 11.6 Å². The number of anilines is 1. The van der Waals surface area contributed by atoms with Crippen LogP contribution in [0, 0.1) is 5.92 Å². The number of carbonyl (C=O) groups excluding carboxylic acids is 1. The number of aromatic nitrogens is 4. The number of amides is 1.